The van der Waals surface area contributed by atoms with Crippen LogP contribution in [0.25, 0.3) is 0 Å². The fraction of sp³-hybridized carbons (Fsp3) is 0.833. The summed E-state index contributed by atoms with van der Waals surface area (Å²) in [6, 6.07) is 0. The maximum absolute atomic E-state index is 15.1. The van der Waals surface area contributed by atoms with Crippen molar-refractivity contribution in [3.63, 3.8) is 0 Å². The zero-order valence-electron chi connectivity index (χ0n) is 50.2. The Bertz CT molecular complexity index is 2030. The first-order valence-corrected chi connectivity index (χ1v) is 27.4. The third-order valence-electron chi connectivity index (χ3n) is 12.1. The van der Waals surface area contributed by atoms with Crippen LogP contribution in [0.1, 0.15) is 137 Å². The van der Waals surface area contributed by atoms with Gasteiger partial charge in [-0.3, -0.25) is 14.4 Å². The highest BCUT2D eigenvalue weighted by atomic mass is 16.6. The average Bonchev–Trinajstić information content (AvgIpc) is 3.74. The molecule has 78 heavy (non-hydrogen) atoms. The molecule has 0 saturated carbocycles. The van der Waals surface area contributed by atoms with Crippen molar-refractivity contribution in [3.8, 4) is 0 Å². The Kier molecular flexibility index (Phi) is 23.2. The Morgan fingerprint density at radius 1 is 0.385 bits per heavy atom. The van der Waals surface area contributed by atoms with Gasteiger partial charge in [0.25, 0.3) is 0 Å². The smallest absolute Gasteiger partial charge is 0.410 e. The summed E-state index contributed by atoms with van der Waals surface area (Å²) in [6.07, 6.45) is -2.67. The van der Waals surface area contributed by atoms with Gasteiger partial charge in [-0.1, -0.05) is 13.3 Å². The van der Waals surface area contributed by atoms with E-state index in [1.165, 1.54) is 34.3 Å². The quantitative estimate of drug-likeness (QED) is 0.208. The number of ether oxygens (including phenoxy) is 6. The molecule has 1 unspecified atom stereocenters. The molecule has 2 N–H and O–H groups in total. The molecule has 0 radical (unpaired) electrons. The Balaban J connectivity index is 2.01. The lowest BCUT2D eigenvalue weighted by Crippen LogP contribution is -2.51. The van der Waals surface area contributed by atoms with Crippen LogP contribution in [0, 0.1) is 17.8 Å². The monoisotopic (exact) mass is 1110 g/mol. The second-order valence-corrected chi connectivity index (χ2v) is 26.0. The minimum absolute atomic E-state index is 0.0223. The highest BCUT2D eigenvalue weighted by molar-refractivity contribution is 5.84. The second kappa shape index (κ2) is 27.3. The van der Waals surface area contributed by atoms with Crippen LogP contribution in [0.2, 0.25) is 0 Å². The lowest BCUT2D eigenvalue weighted by molar-refractivity contribution is -0.137. The molecule has 3 rings (SSSR count). The first-order chi connectivity index (χ1) is 35.6. The molecule has 24 heteroatoms. The minimum atomic E-state index is -1.05. The molecule has 3 aliphatic heterocycles. The van der Waals surface area contributed by atoms with Gasteiger partial charge < -0.3 is 73.4 Å². The molecule has 1 atom stereocenters. The molecule has 9 amide bonds. The molecule has 3 saturated heterocycles. The van der Waals surface area contributed by atoms with Gasteiger partial charge in [-0.25, -0.2) is 28.8 Å². The van der Waals surface area contributed by atoms with E-state index in [1.807, 2.05) is 6.92 Å². The number of nitrogens with one attached hydrogen (secondary N) is 2. The first kappa shape index (κ1) is 66.3. The summed E-state index contributed by atoms with van der Waals surface area (Å²) in [5.41, 5.74) is -5.10. The number of amides is 9. The summed E-state index contributed by atoms with van der Waals surface area (Å²) in [5, 5.41) is 5.78. The molecular weight excluding hydrogens is 1010 g/mol. The van der Waals surface area contributed by atoms with E-state index in [9.17, 15) is 38.4 Å². The Morgan fingerprint density at radius 3 is 0.846 bits per heavy atom. The molecule has 0 aromatic rings. The van der Waals surface area contributed by atoms with Gasteiger partial charge in [-0.15, -0.1) is 0 Å². The SMILES string of the molecule is CCCC(C)(C)OC(=O)N1CCN(C(=O)OC(C)(C)C)CC(C(=O)NCCN(CCNC(=O)C2CN(C(=O)OC(C)(C)C)CCN(C(=O)OC(C)(C)C)C2)C(=O)C2CN(C(=O)OC(C)(C)C)CCN(C(=O)OC(C)(C)C)C2)C1. The molecule has 0 aromatic carbocycles. The molecule has 0 aliphatic carbocycles. The molecule has 0 aromatic heterocycles. The van der Waals surface area contributed by atoms with E-state index in [4.69, 9.17) is 28.4 Å². The molecular formula is C54H95N9O15. The number of hydrogen-bond acceptors (Lipinski definition) is 15. The van der Waals surface area contributed by atoms with Gasteiger partial charge in [0.15, 0.2) is 0 Å². The van der Waals surface area contributed by atoms with Crippen molar-refractivity contribution in [2.75, 3.05) is 105 Å². The van der Waals surface area contributed by atoms with Crippen molar-refractivity contribution in [2.24, 2.45) is 17.8 Å². The predicted octanol–water partition coefficient (Wildman–Crippen LogP) is 6.14. The summed E-state index contributed by atoms with van der Waals surface area (Å²) >= 11 is 0. The lowest BCUT2D eigenvalue weighted by atomic mass is 10.0. The van der Waals surface area contributed by atoms with Gasteiger partial charge in [0.1, 0.15) is 33.6 Å². The molecule has 446 valence electrons. The zero-order chi connectivity index (χ0) is 59.4. The molecule has 0 bridgehead atoms. The number of hydrogen-bond donors (Lipinski definition) is 2. The van der Waals surface area contributed by atoms with Crippen LogP contribution in [0.3, 0.4) is 0 Å². The van der Waals surface area contributed by atoms with Crippen LogP contribution in [-0.4, -0.2) is 227 Å². The molecule has 0 spiro atoms. The van der Waals surface area contributed by atoms with Crippen LogP contribution in [0.15, 0.2) is 0 Å². The summed E-state index contributed by atoms with van der Waals surface area (Å²) < 4.78 is 34.3. The lowest BCUT2D eigenvalue weighted by Gasteiger charge is -2.32. The van der Waals surface area contributed by atoms with Crippen molar-refractivity contribution in [3.05, 3.63) is 0 Å². The van der Waals surface area contributed by atoms with Crippen LogP contribution >= 0.6 is 0 Å². The molecule has 24 nitrogen and oxygen atoms in total. The molecule has 3 fully saturated rings. The second-order valence-electron chi connectivity index (χ2n) is 26.0. The van der Waals surface area contributed by atoms with Crippen LogP contribution in [0.4, 0.5) is 28.8 Å². The van der Waals surface area contributed by atoms with Crippen molar-refractivity contribution >= 4 is 54.3 Å². The Morgan fingerprint density at radius 2 is 0.615 bits per heavy atom. The van der Waals surface area contributed by atoms with Gasteiger partial charge in [-0.05, 0) is 124 Å². The van der Waals surface area contributed by atoms with Crippen LogP contribution in [0.5, 0.6) is 0 Å². The van der Waals surface area contributed by atoms with Crippen LogP contribution < -0.4 is 10.6 Å². The molecule has 3 heterocycles. The van der Waals surface area contributed by atoms with Crippen molar-refractivity contribution < 1.29 is 71.6 Å². The van der Waals surface area contributed by atoms with Gasteiger partial charge in [0.2, 0.25) is 17.7 Å². The summed E-state index contributed by atoms with van der Waals surface area (Å²) in [7, 11) is 0. The van der Waals surface area contributed by atoms with Crippen molar-refractivity contribution in [1.29, 1.82) is 0 Å². The van der Waals surface area contributed by atoms with E-state index in [0.717, 1.165) is 6.42 Å². The topological polar surface area (TPSA) is 256 Å². The predicted molar refractivity (Wildman–Crippen MR) is 289 cm³/mol. The van der Waals surface area contributed by atoms with E-state index in [-0.39, 0.29) is 105 Å². The fourth-order valence-electron chi connectivity index (χ4n) is 8.62. The van der Waals surface area contributed by atoms with E-state index in [0.29, 0.717) is 6.42 Å². The Hall–Kier alpha value is -5.97. The highest BCUT2D eigenvalue weighted by Gasteiger charge is 2.40. The largest absolute Gasteiger partial charge is 0.444 e. The maximum Gasteiger partial charge on any atom is 0.410 e. The maximum atomic E-state index is 15.1. The Labute approximate surface area is 463 Å². The van der Waals surface area contributed by atoms with Crippen molar-refractivity contribution in [2.45, 2.75) is 171 Å². The third-order valence-corrected chi connectivity index (χ3v) is 12.1. The van der Waals surface area contributed by atoms with E-state index in [2.05, 4.69) is 10.6 Å². The van der Waals surface area contributed by atoms with E-state index in [1.54, 1.807) is 118 Å². The number of rotatable bonds is 12. The van der Waals surface area contributed by atoms with Crippen molar-refractivity contribution in [1.82, 2.24) is 44.9 Å². The minimum Gasteiger partial charge on any atom is -0.444 e. The van der Waals surface area contributed by atoms with Gasteiger partial charge in [0.05, 0.1) is 17.8 Å². The highest BCUT2D eigenvalue weighted by Crippen LogP contribution is 2.24. The average molecular weight is 1110 g/mol. The fourth-order valence-corrected chi connectivity index (χ4v) is 8.62. The summed E-state index contributed by atoms with van der Waals surface area (Å²) in [5.74, 6) is -4.57. The van der Waals surface area contributed by atoms with E-state index >= 15 is 4.79 Å². The standard InChI is InChI=1S/C54H95N9O15/c1-19-20-54(17,18)78-48(72)61-28-27-60(45(69)75-51(8,9)10)33-38(34-61)41(65)56-22-24-57(42(66)39-35-62(46(70)76-52(11,12)13)29-30-63(36-39)47(71)77-53(14,15)16)23-21-55-40(64)37-31-58(43(67)73-49(2,3)4)25-26-59(32-37)44(68)74-50(5,6)7/h37-39H,19-36H2,1-18H3,(H,55,64)(H,56,65). The van der Waals surface area contributed by atoms with Gasteiger partial charge >= 0.3 is 36.6 Å². The number of nitrogens with zero attached hydrogens (tertiary/aromatic N) is 7. The number of carbonyl (C=O) groups is 9. The van der Waals surface area contributed by atoms with Gasteiger partial charge in [0, 0.05) is 105 Å². The summed E-state index contributed by atoms with van der Waals surface area (Å²) in [6.45, 7) is 30.4. The normalized spacial score (nSPS) is 17.9. The van der Waals surface area contributed by atoms with E-state index < -0.39 is 106 Å². The zero-order valence-corrected chi connectivity index (χ0v) is 50.2. The van der Waals surface area contributed by atoms with Crippen LogP contribution in [-0.2, 0) is 42.8 Å². The van der Waals surface area contributed by atoms with Gasteiger partial charge in [-0.2, -0.15) is 0 Å². The first-order valence-electron chi connectivity index (χ1n) is 27.4. The molecule has 3 aliphatic rings. The summed E-state index contributed by atoms with van der Waals surface area (Å²) in [4.78, 5) is 134. The third kappa shape index (κ3) is 23.6. The number of carbonyl (C=O) groups excluding carboxylic acids is 9.